The van der Waals surface area contributed by atoms with Crippen LogP contribution in [0.25, 0.3) is 0 Å². The summed E-state index contributed by atoms with van der Waals surface area (Å²) in [5.41, 5.74) is 0.644. The number of allylic oxidation sites excluding steroid dienone is 2. The molecule has 0 unspecified atom stereocenters. The Kier molecular flexibility index (Phi) is 2.65. The molecular weight excluding hydrogens is 208 g/mol. The standard InChI is InChI=1S/C8H7BrO2/c1-2-3-6-4-7(5-9)11-8(6)10/h2,4-5H,1,3H2/b7-5-. The summed E-state index contributed by atoms with van der Waals surface area (Å²) in [5, 5.41) is 0. The third-order valence-electron chi connectivity index (χ3n) is 1.26. The Morgan fingerprint density at radius 3 is 2.91 bits per heavy atom. The molecule has 0 aromatic heterocycles. The molecule has 0 aliphatic carbocycles. The van der Waals surface area contributed by atoms with Gasteiger partial charge in [-0.15, -0.1) is 6.58 Å². The summed E-state index contributed by atoms with van der Waals surface area (Å²) in [6.45, 7) is 3.53. The molecule has 1 aliphatic heterocycles. The average Bonchev–Trinajstić information content (AvgIpc) is 2.33. The Morgan fingerprint density at radius 1 is 1.73 bits per heavy atom. The van der Waals surface area contributed by atoms with Crippen molar-refractivity contribution in [2.45, 2.75) is 6.42 Å². The van der Waals surface area contributed by atoms with Crippen LogP contribution in [0.15, 0.2) is 35.0 Å². The number of hydrogen-bond acceptors (Lipinski definition) is 2. The maximum Gasteiger partial charge on any atom is 0.339 e. The zero-order chi connectivity index (χ0) is 8.27. The lowest BCUT2D eigenvalue weighted by molar-refractivity contribution is -0.133. The number of hydrogen-bond donors (Lipinski definition) is 0. The largest absolute Gasteiger partial charge is 0.423 e. The average molecular weight is 215 g/mol. The molecule has 0 bridgehead atoms. The van der Waals surface area contributed by atoms with Crippen LogP contribution in [0.4, 0.5) is 0 Å². The number of rotatable bonds is 2. The van der Waals surface area contributed by atoms with Crippen molar-refractivity contribution >= 4 is 21.9 Å². The van der Waals surface area contributed by atoms with Crippen LogP contribution in [-0.2, 0) is 9.53 Å². The van der Waals surface area contributed by atoms with Crippen LogP contribution >= 0.6 is 15.9 Å². The predicted molar refractivity (Wildman–Crippen MR) is 46.0 cm³/mol. The monoisotopic (exact) mass is 214 g/mol. The fourth-order valence-electron chi connectivity index (χ4n) is 0.784. The lowest BCUT2D eigenvalue weighted by Crippen LogP contribution is -1.97. The second-order valence-corrected chi connectivity index (χ2v) is 2.52. The third kappa shape index (κ3) is 1.80. The van der Waals surface area contributed by atoms with Crippen LogP contribution in [0.1, 0.15) is 6.42 Å². The van der Waals surface area contributed by atoms with Crippen molar-refractivity contribution in [3.05, 3.63) is 35.0 Å². The minimum atomic E-state index is -0.282. The molecule has 1 heterocycles. The van der Waals surface area contributed by atoms with Crippen LogP contribution in [0.3, 0.4) is 0 Å². The minimum absolute atomic E-state index is 0.282. The molecule has 0 N–H and O–H groups in total. The molecule has 0 saturated carbocycles. The van der Waals surface area contributed by atoms with Gasteiger partial charge in [-0.2, -0.15) is 0 Å². The van der Waals surface area contributed by atoms with Gasteiger partial charge >= 0.3 is 5.97 Å². The smallest absolute Gasteiger partial charge is 0.339 e. The molecule has 1 aliphatic rings. The molecule has 0 atom stereocenters. The summed E-state index contributed by atoms with van der Waals surface area (Å²) < 4.78 is 4.81. The van der Waals surface area contributed by atoms with Gasteiger partial charge in [0.2, 0.25) is 0 Å². The van der Waals surface area contributed by atoms with E-state index in [0.717, 1.165) is 0 Å². The summed E-state index contributed by atoms with van der Waals surface area (Å²) in [5.74, 6) is 0.266. The Morgan fingerprint density at radius 2 is 2.45 bits per heavy atom. The van der Waals surface area contributed by atoms with E-state index in [4.69, 9.17) is 4.74 Å². The van der Waals surface area contributed by atoms with Gasteiger partial charge in [-0.25, -0.2) is 4.79 Å². The molecule has 0 saturated heterocycles. The first-order valence-corrected chi connectivity index (χ1v) is 4.03. The molecule has 0 fully saturated rings. The van der Waals surface area contributed by atoms with Crippen molar-refractivity contribution < 1.29 is 9.53 Å². The predicted octanol–water partition coefficient (Wildman–Crippen LogP) is 2.28. The number of ether oxygens (including phenoxy) is 1. The SMILES string of the molecule is C=CCC1=C/C(=C/Br)OC1=O. The first-order chi connectivity index (χ1) is 5.27. The second-order valence-electron chi connectivity index (χ2n) is 2.06. The molecular formula is C8H7BrO2. The Hall–Kier alpha value is -0.830. The molecule has 0 aromatic rings. The maximum atomic E-state index is 10.9. The van der Waals surface area contributed by atoms with Crippen molar-refractivity contribution in [3.63, 3.8) is 0 Å². The topological polar surface area (TPSA) is 26.3 Å². The molecule has 1 rings (SSSR count). The number of cyclic esters (lactones) is 1. The summed E-state index contributed by atoms with van der Waals surface area (Å²) in [6, 6.07) is 0. The first kappa shape index (κ1) is 8.27. The lowest BCUT2D eigenvalue weighted by Gasteiger charge is -1.92. The van der Waals surface area contributed by atoms with E-state index < -0.39 is 0 Å². The molecule has 3 heteroatoms. The van der Waals surface area contributed by atoms with Gasteiger partial charge < -0.3 is 4.74 Å². The zero-order valence-electron chi connectivity index (χ0n) is 5.84. The molecule has 0 spiro atoms. The van der Waals surface area contributed by atoms with Gasteiger partial charge in [-0.1, -0.05) is 22.0 Å². The summed E-state index contributed by atoms with van der Waals surface area (Å²) in [6.07, 6.45) is 3.92. The highest BCUT2D eigenvalue weighted by Gasteiger charge is 2.18. The van der Waals surface area contributed by atoms with E-state index in [1.165, 1.54) is 0 Å². The second kappa shape index (κ2) is 3.53. The van der Waals surface area contributed by atoms with E-state index >= 15 is 0 Å². The molecule has 58 valence electrons. The third-order valence-corrected chi connectivity index (χ3v) is 1.71. The number of esters is 1. The summed E-state index contributed by atoms with van der Waals surface area (Å²) in [4.78, 5) is 12.5. The van der Waals surface area contributed by atoms with E-state index in [1.807, 2.05) is 0 Å². The van der Waals surface area contributed by atoms with E-state index in [0.29, 0.717) is 17.8 Å². The van der Waals surface area contributed by atoms with E-state index in [1.54, 1.807) is 17.1 Å². The summed E-state index contributed by atoms with van der Waals surface area (Å²) in [7, 11) is 0. The Bertz CT molecular complexity index is 251. The van der Waals surface area contributed by atoms with Crippen molar-refractivity contribution in [3.8, 4) is 0 Å². The normalized spacial score (nSPS) is 19.9. The quantitative estimate of drug-likeness (QED) is 0.521. The highest BCUT2D eigenvalue weighted by atomic mass is 79.9. The van der Waals surface area contributed by atoms with Gasteiger partial charge in [0.25, 0.3) is 0 Å². The fourth-order valence-corrected chi connectivity index (χ4v) is 1.01. The number of halogens is 1. The van der Waals surface area contributed by atoms with Crippen molar-refractivity contribution in [1.82, 2.24) is 0 Å². The molecule has 2 nitrogen and oxygen atoms in total. The van der Waals surface area contributed by atoms with E-state index in [-0.39, 0.29) is 5.97 Å². The van der Waals surface area contributed by atoms with Gasteiger partial charge in [-0.3, -0.25) is 0 Å². The van der Waals surface area contributed by atoms with E-state index in [2.05, 4.69) is 22.5 Å². The lowest BCUT2D eigenvalue weighted by atomic mass is 10.2. The van der Waals surface area contributed by atoms with Crippen molar-refractivity contribution in [1.29, 1.82) is 0 Å². The summed E-state index contributed by atoms with van der Waals surface area (Å²) >= 11 is 3.07. The molecule has 0 aromatic carbocycles. The van der Waals surface area contributed by atoms with Gasteiger partial charge in [0.15, 0.2) is 0 Å². The van der Waals surface area contributed by atoms with Gasteiger partial charge in [-0.05, 0) is 12.5 Å². The Balaban J connectivity index is 2.78. The van der Waals surface area contributed by atoms with Crippen LogP contribution < -0.4 is 0 Å². The van der Waals surface area contributed by atoms with Crippen LogP contribution in [-0.4, -0.2) is 5.97 Å². The van der Waals surface area contributed by atoms with Crippen LogP contribution in [0.5, 0.6) is 0 Å². The highest BCUT2D eigenvalue weighted by Crippen LogP contribution is 2.20. The van der Waals surface area contributed by atoms with Crippen LogP contribution in [0.2, 0.25) is 0 Å². The zero-order valence-corrected chi connectivity index (χ0v) is 7.43. The molecule has 11 heavy (non-hydrogen) atoms. The van der Waals surface area contributed by atoms with E-state index in [9.17, 15) is 4.79 Å². The minimum Gasteiger partial charge on any atom is -0.423 e. The number of carbonyl (C=O) groups excluding carboxylic acids is 1. The molecule has 0 amide bonds. The van der Waals surface area contributed by atoms with Crippen molar-refractivity contribution in [2.75, 3.05) is 0 Å². The fraction of sp³-hybridized carbons (Fsp3) is 0.125. The van der Waals surface area contributed by atoms with Crippen LogP contribution in [0, 0.1) is 0 Å². The maximum absolute atomic E-state index is 10.9. The highest BCUT2D eigenvalue weighted by molar-refractivity contribution is 9.11. The van der Waals surface area contributed by atoms with Gasteiger partial charge in [0, 0.05) is 10.6 Å². The Labute approximate surface area is 73.4 Å². The first-order valence-electron chi connectivity index (χ1n) is 3.12. The molecule has 0 radical (unpaired) electrons. The van der Waals surface area contributed by atoms with Crippen molar-refractivity contribution in [2.24, 2.45) is 0 Å². The van der Waals surface area contributed by atoms with Gasteiger partial charge in [0.05, 0.1) is 0 Å². The van der Waals surface area contributed by atoms with Gasteiger partial charge in [0.1, 0.15) is 5.76 Å². The number of carbonyl (C=O) groups is 1.